The van der Waals surface area contributed by atoms with E-state index < -0.39 is 0 Å². The number of halogens is 2. The van der Waals surface area contributed by atoms with E-state index in [1.165, 1.54) is 5.56 Å². The molecule has 132 valence electrons. The zero-order valence-electron chi connectivity index (χ0n) is 13.8. The summed E-state index contributed by atoms with van der Waals surface area (Å²) in [7, 11) is 0. The molecule has 0 atom stereocenters. The van der Waals surface area contributed by atoms with E-state index >= 15 is 0 Å². The number of nitrogens with one attached hydrogen (secondary N) is 1. The fraction of sp³-hybridized carbons (Fsp3) is 0.316. The van der Waals surface area contributed by atoms with Gasteiger partial charge in [0.05, 0.1) is 23.8 Å². The second-order valence-electron chi connectivity index (χ2n) is 6.01. The third kappa shape index (κ3) is 5.19. The number of nitrogens with zero attached hydrogens (tertiary/aromatic N) is 1. The molecule has 0 saturated carbocycles. The first-order valence-electron chi connectivity index (χ1n) is 8.23. The van der Waals surface area contributed by atoms with E-state index in [1.54, 1.807) is 18.2 Å². The molecule has 0 aromatic heterocycles. The van der Waals surface area contributed by atoms with Crippen LogP contribution in [-0.4, -0.2) is 37.1 Å². The molecule has 0 radical (unpaired) electrons. The lowest BCUT2D eigenvalue weighted by molar-refractivity contribution is 0.0342. The predicted molar refractivity (Wildman–Crippen MR) is 100 cm³/mol. The number of amides is 1. The Morgan fingerprint density at radius 2 is 1.72 bits per heavy atom. The largest absolute Gasteiger partial charge is 0.379 e. The maximum atomic E-state index is 12.2. The van der Waals surface area contributed by atoms with Crippen LogP contribution in [0.5, 0.6) is 0 Å². The minimum atomic E-state index is -0.209. The summed E-state index contributed by atoms with van der Waals surface area (Å²) in [5.74, 6) is -0.209. The van der Waals surface area contributed by atoms with Gasteiger partial charge >= 0.3 is 0 Å². The molecule has 3 rings (SSSR count). The van der Waals surface area contributed by atoms with Crippen LogP contribution in [0, 0.1) is 0 Å². The molecule has 0 unspecified atom stereocenters. The summed E-state index contributed by atoms with van der Waals surface area (Å²) in [5, 5.41) is 3.75. The fourth-order valence-corrected chi connectivity index (χ4v) is 3.23. The van der Waals surface area contributed by atoms with Crippen molar-refractivity contribution in [2.45, 2.75) is 13.1 Å². The summed E-state index contributed by atoms with van der Waals surface area (Å²) in [6.07, 6.45) is 0. The van der Waals surface area contributed by atoms with Crippen LogP contribution in [0.3, 0.4) is 0 Å². The number of carbonyl (C=O) groups excluding carboxylic acids is 1. The van der Waals surface area contributed by atoms with Crippen molar-refractivity contribution < 1.29 is 9.53 Å². The molecule has 1 fully saturated rings. The Hall–Kier alpha value is -1.59. The van der Waals surface area contributed by atoms with E-state index in [1.807, 2.05) is 12.1 Å². The average Bonchev–Trinajstić information content (AvgIpc) is 2.62. The third-order valence-corrected chi connectivity index (χ3v) is 4.71. The van der Waals surface area contributed by atoms with Crippen molar-refractivity contribution in [2.24, 2.45) is 0 Å². The van der Waals surface area contributed by atoms with Gasteiger partial charge in [0.1, 0.15) is 0 Å². The molecule has 1 aliphatic heterocycles. The van der Waals surface area contributed by atoms with E-state index in [0.29, 0.717) is 22.2 Å². The van der Waals surface area contributed by atoms with Crippen molar-refractivity contribution in [3.05, 3.63) is 69.2 Å². The molecule has 6 heteroatoms. The maximum absolute atomic E-state index is 12.2. The lowest BCUT2D eigenvalue weighted by atomic mass is 10.1. The van der Waals surface area contributed by atoms with Crippen LogP contribution in [0.2, 0.25) is 10.0 Å². The van der Waals surface area contributed by atoms with Crippen molar-refractivity contribution in [3.63, 3.8) is 0 Å². The number of benzene rings is 2. The van der Waals surface area contributed by atoms with Crippen molar-refractivity contribution in [1.29, 1.82) is 0 Å². The van der Waals surface area contributed by atoms with Gasteiger partial charge < -0.3 is 10.1 Å². The van der Waals surface area contributed by atoms with Crippen LogP contribution in [0.1, 0.15) is 21.5 Å². The summed E-state index contributed by atoms with van der Waals surface area (Å²) in [6, 6.07) is 13.1. The molecule has 2 aromatic carbocycles. The Morgan fingerprint density at radius 3 is 2.40 bits per heavy atom. The number of ether oxygens (including phenoxy) is 1. The molecule has 2 aromatic rings. The monoisotopic (exact) mass is 378 g/mol. The van der Waals surface area contributed by atoms with Gasteiger partial charge in [0.25, 0.3) is 5.91 Å². The second-order valence-corrected chi connectivity index (χ2v) is 6.86. The first kappa shape index (κ1) is 18.2. The van der Waals surface area contributed by atoms with Gasteiger partial charge in [0.15, 0.2) is 0 Å². The maximum Gasteiger partial charge on any atom is 0.253 e. The number of hydrogen-bond acceptors (Lipinski definition) is 3. The van der Waals surface area contributed by atoms with Crippen LogP contribution in [0.4, 0.5) is 0 Å². The first-order chi connectivity index (χ1) is 12.1. The van der Waals surface area contributed by atoms with E-state index in [4.69, 9.17) is 27.9 Å². The minimum Gasteiger partial charge on any atom is -0.379 e. The van der Waals surface area contributed by atoms with Crippen LogP contribution >= 0.6 is 23.2 Å². The molecule has 4 nitrogen and oxygen atoms in total. The summed E-state index contributed by atoms with van der Waals surface area (Å²) in [5.41, 5.74) is 2.73. The minimum absolute atomic E-state index is 0.209. The highest BCUT2D eigenvalue weighted by atomic mass is 35.5. The Balaban J connectivity index is 1.53. The molecule has 1 aliphatic rings. The van der Waals surface area contributed by atoms with E-state index in [2.05, 4.69) is 22.3 Å². The molecule has 1 N–H and O–H groups in total. The molecule has 1 heterocycles. The fourth-order valence-electron chi connectivity index (χ4n) is 2.73. The van der Waals surface area contributed by atoms with Gasteiger partial charge in [-0.1, -0.05) is 47.5 Å². The van der Waals surface area contributed by atoms with E-state index in [0.717, 1.165) is 38.4 Å². The zero-order chi connectivity index (χ0) is 17.6. The van der Waals surface area contributed by atoms with Crippen LogP contribution < -0.4 is 5.32 Å². The second kappa shape index (κ2) is 8.68. The number of carbonyl (C=O) groups is 1. The predicted octanol–water partition coefficient (Wildman–Crippen LogP) is 3.76. The van der Waals surface area contributed by atoms with E-state index in [9.17, 15) is 4.79 Å². The smallest absolute Gasteiger partial charge is 0.253 e. The summed E-state index contributed by atoms with van der Waals surface area (Å²) in [6.45, 7) is 4.93. The normalized spacial score (nSPS) is 15.1. The van der Waals surface area contributed by atoms with Crippen molar-refractivity contribution in [1.82, 2.24) is 10.2 Å². The molecule has 0 spiro atoms. The van der Waals surface area contributed by atoms with Gasteiger partial charge in [-0.15, -0.1) is 0 Å². The lowest BCUT2D eigenvalue weighted by Gasteiger charge is -2.26. The van der Waals surface area contributed by atoms with Gasteiger partial charge in [-0.05, 0) is 29.3 Å². The standard InChI is InChI=1S/C19H20Cl2N2O2/c20-16-5-6-17(18(21)11-16)19(24)22-12-14-1-3-15(4-2-14)13-23-7-9-25-10-8-23/h1-6,11H,7-10,12-13H2,(H,22,24). The highest BCUT2D eigenvalue weighted by Crippen LogP contribution is 2.21. The summed E-state index contributed by atoms with van der Waals surface area (Å²) >= 11 is 11.9. The molecule has 25 heavy (non-hydrogen) atoms. The van der Waals surface area contributed by atoms with Gasteiger partial charge in [0.2, 0.25) is 0 Å². The Morgan fingerprint density at radius 1 is 1.04 bits per heavy atom. The van der Waals surface area contributed by atoms with Crippen molar-refractivity contribution >= 4 is 29.1 Å². The molecular formula is C19H20Cl2N2O2. The third-order valence-electron chi connectivity index (χ3n) is 4.16. The highest BCUT2D eigenvalue weighted by molar-refractivity contribution is 6.36. The lowest BCUT2D eigenvalue weighted by Crippen LogP contribution is -2.35. The molecule has 0 bridgehead atoms. The molecule has 1 amide bonds. The Bertz CT molecular complexity index is 729. The highest BCUT2D eigenvalue weighted by Gasteiger charge is 2.12. The van der Waals surface area contributed by atoms with E-state index in [-0.39, 0.29) is 5.91 Å². The van der Waals surface area contributed by atoms with Gasteiger partial charge in [-0.3, -0.25) is 9.69 Å². The Labute approximate surface area is 157 Å². The van der Waals surface area contributed by atoms with Crippen molar-refractivity contribution in [3.8, 4) is 0 Å². The van der Waals surface area contributed by atoms with Crippen LogP contribution in [0.15, 0.2) is 42.5 Å². The SMILES string of the molecule is O=C(NCc1ccc(CN2CCOCC2)cc1)c1ccc(Cl)cc1Cl. The Kier molecular flexibility index (Phi) is 6.32. The van der Waals surface area contributed by atoms with Gasteiger partial charge in [-0.25, -0.2) is 0 Å². The summed E-state index contributed by atoms with van der Waals surface area (Å²) < 4.78 is 5.36. The first-order valence-corrected chi connectivity index (χ1v) is 8.98. The van der Waals surface area contributed by atoms with Crippen LogP contribution in [0.25, 0.3) is 0 Å². The zero-order valence-corrected chi connectivity index (χ0v) is 15.3. The molecule has 0 aliphatic carbocycles. The average molecular weight is 379 g/mol. The molecule has 1 saturated heterocycles. The molecular weight excluding hydrogens is 359 g/mol. The van der Waals surface area contributed by atoms with Crippen LogP contribution in [-0.2, 0) is 17.8 Å². The number of hydrogen-bond donors (Lipinski definition) is 1. The summed E-state index contributed by atoms with van der Waals surface area (Å²) in [4.78, 5) is 14.6. The number of morpholine rings is 1. The number of rotatable bonds is 5. The van der Waals surface area contributed by atoms with Gasteiger partial charge in [-0.2, -0.15) is 0 Å². The van der Waals surface area contributed by atoms with Gasteiger partial charge in [0, 0.05) is 31.2 Å². The topological polar surface area (TPSA) is 41.6 Å². The van der Waals surface area contributed by atoms with Crippen molar-refractivity contribution in [2.75, 3.05) is 26.3 Å². The quantitative estimate of drug-likeness (QED) is 0.860.